The monoisotopic (exact) mass is 211 g/mol. The smallest absolute Gasteiger partial charge is 0.0113 e. The van der Waals surface area contributed by atoms with E-state index in [9.17, 15) is 0 Å². The minimum absolute atomic E-state index is 0.725. The molecule has 2 heterocycles. The molecule has 2 aliphatic heterocycles. The number of nitrogens with zero attached hydrogens (tertiary/aromatic N) is 2. The van der Waals surface area contributed by atoms with E-state index in [0.29, 0.717) is 0 Å². The van der Waals surface area contributed by atoms with Crippen LogP contribution in [0.5, 0.6) is 0 Å². The van der Waals surface area contributed by atoms with Gasteiger partial charge in [-0.25, -0.2) is 0 Å². The number of hydrogen-bond donors (Lipinski definition) is 1. The standard InChI is InChI=1S/C12H25N3/c1-11(2)15-7-5-14(6-8-15)4-3-12-9-13-10-12/h11-13H,3-10H2,1-2H3. The Bertz CT molecular complexity index is 181. The van der Waals surface area contributed by atoms with Crippen LogP contribution in [0.4, 0.5) is 0 Å². The van der Waals surface area contributed by atoms with E-state index in [1.165, 1.54) is 52.2 Å². The van der Waals surface area contributed by atoms with Crippen molar-refractivity contribution in [3.05, 3.63) is 0 Å². The van der Waals surface area contributed by atoms with E-state index in [0.717, 1.165) is 12.0 Å². The molecule has 0 radical (unpaired) electrons. The predicted molar refractivity (Wildman–Crippen MR) is 64.1 cm³/mol. The van der Waals surface area contributed by atoms with Crippen LogP contribution in [0.1, 0.15) is 20.3 Å². The van der Waals surface area contributed by atoms with E-state index < -0.39 is 0 Å². The van der Waals surface area contributed by atoms with Crippen molar-refractivity contribution in [2.75, 3.05) is 45.8 Å². The molecular formula is C12H25N3. The van der Waals surface area contributed by atoms with E-state index in [2.05, 4.69) is 29.0 Å². The van der Waals surface area contributed by atoms with Gasteiger partial charge in [-0.3, -0.25) is 4.90 Å². The minimum Gasteiger partial charge on any atom is -0.316 e. The molecule has 15 heavy (non-hydrogen) atoms. The summed E-state index contributed by atoms with van der Waals surface area (Å²) in [6.07, 6.45) is 1.40. The summed E-state index contributed by atoms with van der Waals surface area (Å²) in [5.41, 5.74) is 0. The molecule has 0 atom stereocenters. The third-order valence-electron chi connectivity index (χ3n) is 3.86. The van der Waals surface area contributed by atoms with Crippen molar-refractivity contribution < 1.29 is 0 Å². The summed E-state index contributed by atoms with van der Waals surface area (Å²) in [6, 6.07) is 0.725. The highest BCUT2D eigenvalue weighted by atomic mass is 15.3. The van der Waals surface area contributed by atoms with Crippen LogP contribution in [0.25, 0.3) is 0 Å². The lowest BCUT2D eigenvalue weighted by molar-refractivity contribution is 0.101. The SMILES string of the molecule is CC(C)N1CCN(CCC2CNC2)CC1. The van der Waals surface area contributed by atoms with Crippen LogP contribution in [0, 0.1) is 5.92 Å². The first-order valence-electron chi connectivity index (χ1n) is 6.43. The Morgan fingerprint density at radius 2 is 1.80 bits per heavy atom. The van der Waals surface area contributed by atoms with Gasteiger partial charge in [0, 0.05) is 32.2 Å². The molecule has 0 aromatic heterocycles. The average molecular weight is 211 g/mol. The maximum Gasteiger partial charge on any atom is 0.0113 e. The van der Waals surface area contributed by atoms with Gasteiger partial charge in [0.2, 0.25) is 0 Å². The Morgan fingerprint density at radius 3 is 2.27 bits per heavy atom. The summed E-state index contributed by atoms with van der Waals surface area (Å²) < 4.78 is 0. The third kappa shape index (κ3) is 3.16. The van der Waals surface area contributed by atoms with Gasteiger partial charge in [-0.1, -0.05) is 0 Å². The summed E-state index contributed by atoms with van der Waals surface area (Å²) in [6.45, 7) is 13.5. The van der Waals surface area contributed by atoms with Gasteiger partial charge in [0.15, 0.2) is 0 Å². The number of rotatable bonds is 4. The quantitative estimate of drug-likeness (QED) is 0.735. The molecule has 0 unspecified atom stereocenters. The Balaban J connectivity index is 1.60. The van der Waals surface area contributed by atoms with Crippen molar-refractivity contribution in [2.24, 2.45) is 5.92 Å². The summed E-state index contributed by atoms with van der Waals surface area (Å²) >= 11 is 0. The second-order valence-corrected chi connectivity index (χ2v) is 5.28. The molecule has 0 aliphatic carbocycles. The zero-order chi connectivity index (χ0) is 10.7. The van der Waals surface area contributed by atoms with Gasteiger partial charge in [-0.2, -0.15) is 0 Å². The summed E-state index contributed by atoms with van der Waals surface area (Å²) in [7, 11) is 0. The molecule has 2 saturated heterocycles. The van der Waals surface area contributed by atoms with Crippen LogP contribution in [0.15, 0.2) is 0 Å². The lowest BCUT2D eigenvalue weighted by Gasteiger charge is -2.38. The van der Waals surface area contributed by atoms with E-state index in [1.807, 2.05) is 0 Å². The Labute approximate surface area is 93.8 Å². The second kappa shape index (κ2) is 5.28. The summed E-state index contributed by atoms with van der Waals surface area (Å²) in [4.78, 5) is 5.22. The van der Waals surface area contributed by atoms with Crippen molar-refractivity contribution in [3.63, 3.8) is 0 Å². The van der Waals surface area contributed by atoms with Crippen LogP contribution in [-0.4, -0.2) is 61.7 Å². The van der Waals surface area contributed by atoms with Crippen molar-refractivity contribution in [1.29, 1.82) is 0 Å². The Hall–Kier alpha value is -0.120. The highest BCUT2D eigenvalue weighted by Gasteiger charge is 2.21. The van der Waals surface area contributed by atoms with Crippen LogP contribution >= 0.6 is 0 Å². The summed E-state index contributed by atoms with van der Waals surface area (Å²) in [5, 5.41) is 3.34. The maximum absolute atomic E-state index is 3.34. The molecule has 0 amide bonds. The fraction of sp³-hybridized carbons (Fsp3) is 1.00. The molecule has 3 nitrogen and oxygen atoms in total. The second-order valence-electron chi connectivity index (χ2n) is 5.28. The first kappa shape index (κ1) is 11.4. The van der Waals surface area contributed by atoms with Gasteiger partial charge in [-0.05, 0) is 45.8 Å². The molecule has 3 heteroatoms. The molecule has 0 saturated carbocycles. The molecule has 88 valence electrons. The molecule has 0 aromatic carbocycles. The van der Waals surface area contributed by atoms with E-state index in [4.69, 9.17) is 0 Å². The van der Waals surface area contributed by atoms with Crippen LogP contribution in [0.3, 0.4) is 0 Å². The normalized spacial score (nSPS) is 25.8. The molecular weight excluding hydrogens is 186 g/mol. The van der Waals surface area contributed by atoms with E-state index in [1.54, 1.807) is 0 Å². The number of nitrogens with one attached hydrogen (secondary N) is 1. The zero-order valence-corrected chi connectivity index (χ0v) is 10.2. The minimum atomic E-state index is 0.725. The van der Waals surface area contributed by atoms with Gasteiger partial charge >= 0.3 is 0 Å². The van der Waals surface area contributed by atoms with Crippen molar-refractivity contribution in [1.82, 2.24) is 15.1 Å². The van der Waals surface area contributed by atoms with Crippen molar-refractivity contribution in [3.8, 4) is 0 Å². The molecule has 0 aromatic rings. The van der Waals surface area contributed by atoms with Crippen LogP contribution in [-0.2, 0) is 0 Å². The first-order valence-corrected chi connectivity index (χ1v) is 6.43. The van der Waals surface area contributed by atoms with Crippen molar-refractivity contribution >= 4 is 0 Å². The highest BCUT2D eigenvalue weighted by molar-refractivity contribution is 4.78. The topological polar surface area (TPSA) is 18.5 Å². The molecule has 2 fully saturated rings. The fourth-order valence-electron chi connectivity index (χ4n) is 2.42. The molecule has 2 rings (SSSR count). The van der Waals surface area contributed by atoms with Crippen LogP contribution in [0.2, 0.25) is 0 Å². The first-order chi connectivity index (χ1) is 7.25. The van der Waals surface area contributed by atoms with Crippen LogP contribution < -0.4 is 5.32 Å². The fourth-order valence-corrected chi connectivity index (χ4v) is 2.42. The third-order valence-corrected chi connectivity index (χ3v) is 3.86. The lowest BCUT2D eigenvalue weighted by Crippen LogP contribution is -2.50. The lowest BCUT2D eigenvalue weighted by atomic mass is 9.99. The zero-order valence-electron chi connectivity index (χ0n) is 10.2. The average Bonchev–Trinajstić information content (AvgIpc) is 2.16. The van der Waals surface area contributed by atoms with Gasteiger partial charge in [-0.15, -0.1) is 0 Å². The van der Waals surface area contributed by atoms with E-state index in [-0.39, 0.29) is 0 Å². The molecule has 2 aliphatic rings. The molecule has 1 N–H and O–H groups in total. The largest absolute Gasteiger partial charge is 0.316 e. The van der Waals surface area contributed by atoms with Crippen molar-refractivity contribution in [2.45, 2.75) is 26.3 Å². The van der Waals surface area contributed by atoms with Gasteiger partial charge in [0.25, 0.3) is 0 Å². The van der Waals surface area contributed by atoms with Gasteiger partial charge in [0.05, 0.1) is 0 Å². The van der Waals surface area contributed by atoms with E-state index >= 15 is 0 Å². The van der Waals surface area contributed by atoms with Gasteiger partial charge < -0.3 is 10.2 Å². The Morgan fingerprint density at radius 1 is 1.13 bits per heavy atom. The highest BCUT2D eigenvalue weighted by Crippen LogP contribution is 2.11. The Kier molecular flexibility index (Phi) is 4.00. The molecule has 0 bridgehead atoms. The molecule has 0 spiro atoms. The summed E-state index contributed by atoms with van der Waals surface area (Å²) in [5.74, 6) is 0.966. The maximum atomic E-state index is 3.34. The number of piperazine rings is 1. The predicted octanol–water partition coefficient (Wildman–Crippen LogP) is 0.622. The van der Waals surface area contributed by atoms with Gasteiger partial charge in [0.1, 0.15) is 0 Å². The number of hydrogen-bond acceptors (Lipinski definition) is 3.